The summed E-state index contributed by atoms with van der Waals surface area (Å²) in [5.74, 6) is -0.973. The summed E-state index contributed by atoms with van der Waals surface area (Å²) in [5.41, 5.74) is 0.136. The van der Waals surface area contributed by atoms with Crippen LogP contribution < -0.4 is 4.78 Å². The van der Waals surface area contributed by atoms with Crippen molar-refractivity contribution in [3.8, 4) is 0 Å². The highest BCUT2D eigenvalue weighted by Crippen LogP contribution is 2.12. The Morgan fingerprint density at radius 1 is 1.80 bits per heavy atom. The number of aromatic carboxylic acids is 1. The normalized spacial score (nSPS) is 9.70. The van der Waals surface area contributed by atoms with Gasteiger partial charge in [0.1, 0.15) is 0 Å². The Kier molecular flexibility index (Phi) is 2.10. The smallest absolute Gasteiger partial charge is 0.354 e. The lowest BCUT2D eigenvalue weighted by atomic mass is 10.1. The first-order valence-electron chi connectivity index (χ1n) is 2.47. The van der Waals surface area contributed by atoms with E-state index in [0.29, 0.717) is 3.92 Å². The van der Waals surface area contributed by atoms with Crippen molar-refractivity contribution in [2.24, 2.45) is 0 Å². The molecule has 1 N–H and O–H groups in total. The fraction of sp³-hybridized carbons (Fsp3) is 0. The molecule has 0 aromatic carbocycles. The van der Waals surface area contributed by atoms with E-state index in [4.69, 9.17) is 5.11 Å². The fourth-order valence-corrected chi connectivity index (χ4v) is 2.09. The molecular weight excluding hydrogens is 217 g/mol. The van der Waals surface area contributed by atoms with E-state index in [1.165, 1.54) is 11.3 Å². The quantitative estimate of drug-likeness (QED) is 0.670. The second kappa shape index (κ2) is 2.71. The molecule has 0 aliphatic carbocycles. The molecule has 0 unspecified atom stereocenters. The van der Waals surface area contributed by atoms with E-state index in [9.17, 15) is 4.79 Å². The molecule has 0 amide bonds. The topological polar surface area (TPSA) is 50.2 Å². The average Bonchev–Trinajstić information content (AvgIpc) is 2.10. The predicted molar refractivity (Wildman–Crippen MR) is 45.0 cm³/mol. The number of thiazole rings is 1. The number of hydrogen-bond donors (Lipinski definition) is 1. The predicted octanol–water partition coefficient (Wildman–Crippen LogP) is -0.138. The Morgan fingerprint density at radius 3 is 2.60 bits per heavy atom. The van der Waals surface area contributed by atoms with Crippen LogP contribution in [0.25, 0.3) is 0 Å². The molecule has 1 heterocycles. The van der Waals surface area contributed by atoms with Crippen molar-refractivity contribution < 1.29 is 9.90 Å². The van der Waals surface area contributed by atoms with Crippen LogP contribution in [0.2, 0.25) is 0 Å². The molecule has 52 valence electrons. The average molecular weight is 220 g/mol. The van der Waals surface area contributed by atoms with Gasteiger partial charge in [-0.05, 0) is 20.7 Å². The van der Waals surface area contributed by atoms with E-state index in [2.05, 4.69) is 20.9 Å². The standard InChI is InChI=1S/C4H3BBrNO2S/c5-2-1(3(8)9)7-4(6)10-2/h5H2,(H,8,9). The molecule has 1 aromatic heterocycles. The molecule has 1 aromatic rings. The Morgan fingerprint density at radius 2 is 2.40 bits per heavy atom. The number of carboxylic acid groups (broad SMARTS) is 1. The first kappa shape index (κ1) is 7.75. The highest BCUT2D eigenvalue weighted by molar-refractivity contribution is 9.11. The van der Waals surface area contributed by atoms with Crippen molar-refractivity contribution >= 4 is 45.9 Å². The first-order valence-corrected chi connectivity index (χ1v) is 4.08. The highest BCUT2D eigenvalue weighted by Gasteiger charge is 2.11. The van der Waals surface area contributed by atoms with Crippen LogP contribution in [-0.4, -0.2) is 23.9 Å². The van der Waals surface area contributed by atoms with E-state index < -0.39 is 5.97 Å². The van der Waals surface area contributed by atoms with Gasteiger partial charge in [-0.2, -0.15) is 0 Å². The molecular formula is C4H3BBrNO2S. The molecule has 0 aliphatic rings. The molecule has 0 aliphatic heterocycles. The van der Waals surface area contributed by atoms with E-state index in [-0.39, 0.29) is 5.69 Å². The van der Waals surface area contributed by atoms with Gasteiger partial charge in [0.2, 0.25) is 0 Å². The molecule has 1 rings (SSSR count). The zero-order chi connectivity index (χ0) is 7.72. The fourth-order valence-electron chi connectivity index (χ4n) is 0.563. The zero-order valence-corrected chi connectivity index (χ0v) is 7.49. The van der Waals surface area contributed by atoms with Crippen molar-refractivity contribution in [2.75, 3.05) is 0 Å². The van der Waals surface area contributed by atoms with E-state index in [0.717, 1.165) is 4.78 Å². The second-order valence-electron chi connectivity index (χ2n) is 1.68. The molecule has 0 bridgehead atoms. The van der Waals surface area contributed by atoms with Crippen molar-refractivity contribution in [3.05, 3.63) is 9.61 Å². The minimum atomic E-state index is -0.973. The molecule has 10 heavy (non-hydrogen) atoms. The van der Waals surface area contributed by atoms with Gasteiger partial charge >= 0.3 is 5.97 Å². The monoisotopic (exact) mass is 219 g/mol. The van der Waals surface area contributed by atoms with Crippen LogP contribution in [0.1, 0.15) is 10.5 Å². The Hall–Kier alpha value is -0.355. The van der Waals surface area contributed by atoms with Crippen LogP contribution in [0.5, 0.6) is 0 Å². The van der Waals surface area contributed by atoms with Crippen LogP contribution in [0.3, 0.4) is 0 Å². The van der Waals surface area contributed by atoms with Gasteiger partial charge in [-0.15, -0.1) is 11.3 Å². The van der Waals surface area contributed by atoms with Gasteiger partial charge in [0.05, 0.1) is 0 Å². The SMILES string of the molecule is Bc1sc(Br)nc1C(=O)O. The summed E-state index contributed by atoms with van der Waals surface area (Å²) in [5, 5.41) is 8.50. The summed E-state index contributed by atoms with van der Waals surface area (Å²) >= 11 is 4.42. The van der Waals surface area contributed by atoms with Crippen molar-refractivity contribution in [1.82, 2.24) is 4.98 Å². The third-order valence-corrected chi connectivity index (χ3v) is 2.40. The van der Waals surface area contributed by atoms with Crippen LogP contribution in [0.4, 0.5) is 0 Å². The lowest BCUT2D eigenvalue weighted by Gasteiger charge is -1.84. The van der Waals surface area contributed by atoms with Crippen LogP contribution >= 0.6 is 27.3 Å². The number of hydrogen-bond acceptors (Lipinski definition) is 3. The maximum absolute atomic E-state index is 10.4. The Labute approximate surface area is 70.6 Å². The lowest BCUT2D eigenvalue weighted by Crippen LogP contribution is -2.10. The molecule has 0 saturated heterocycles. The molecule has 6 heteroatoms. The number of carboxylic acids is 1. The minimum Gasteiger partial charge on any atom is -0.477 e. The summed E-state index contributed by atoms with van der Waals surface area (Å²) < 4.78 is 1.33. The van der Waals surface area contributed by atoms with Crippen molar-refractivity contribution in [3.63, 3.8) is 0 Å². The summed E-state index contributed by atoms with van der Waals surface area (Å²) in [6.45, 7) is 0. The summed E-state index contributed by atoms with van der Waals surface area (Å²) in [6, 6.07) is 0. The molecule has 0 fully saturated rings. The molecule has 0 atom stereocenters. The van der Waals surface area contributed by atoms with E-state index in [1.54, 1.807) is 7.85 Å². The Bertz CT molecular complexity index is 274. The van der Waals surface area contributed by atoms with Crippen molar-refractivity contribution in [1.29, 1.82) is 0 Å². The maximum atomic E-state index is 10.4. The van der Waals surface area contributed by atoms with Crippen LogP contribution in [0.15, 0.2) is 3.92 Å². The van der Waals surface area contributed by atoms with Gasteiger partial charge in [-0.25, -0.2) is 9.78 Å². The number of aromatic nitrogens is 1. The highest BCUT2D eigenvalue weighted by atomic mass is 79.9. The zero-order valence-electron chi connectivity index (χ0n) is 5.09. The maximum Gasteiger partial charge on any atom is 0.354 e. The number of halogens is 1. The van der Waals surface area contributed by atoms with Gasteiger partial charge in [0.15, 0.2) is 17.5 Å². The first-order chi connectivity index (χ1) is 4.61. The van der Waals surface area contributed by atoms with Gasteiger partial charge in [-0.1, -0.05) is 0 Å². The number of carbonyl (C=O) groups is 1. The third-order valence-electron chi connectivity index (χ3n) is 0.973. The van der Waals surface area contributed by atoms with Gasteiger partial charge in [-0.3, -0.25) is 0 Å². The van der Waals surface area contributed by atoms with Gasteiger partial charge < -0.3 is 5.11 Å². The summed E-state index contributed by atoms with van der Waals surface area (Å²) in [4.78, 5) is 14.1. The second-order valence-corrected chi connectivity index (χ2v) is 4.16. The summed E-state index contributed by atoms with van der Waals surface area (Å²) in [7, 11) is 1.73. The third kappa shape index (κ3) is 1.38. The number of nitrogens with zero attached hydrogens (tertiary/aromatic N) is 1. The molecule has 0 saturated carbocycles. The van der Waals surface area contributed by atoms with E-state index in [1.807, 2.05) is 0 Å². The van der Waals surface area contributed by atoms with Crippen molar-refractivity contribution in [2.45, 2.75) is 0 Å². The Balaban J connectivity index is 3.15. The van der Waals surface area contributed by atoms with E-state index >= 15 is 0 Å². The molecule has 0 radical (unpaired) electrons. The summed E-state index contributed by atoms with van der Waals surface area (Å²) in [6.07, 6.45) is 0. The largest absolute Gasteiger partial charge is 0.477 e. The molecule has 0 spiro atoms. The lowest BCUT2D eigenvalue weighted by molar-refractivity contribution is 0.0692. The van der Waals surface area contributed by atoms with Gasteiger partial charge in [0, 0.05) is 0 Å². The van der Waals surface area contributed by atoms with Gasteiger partial charge in [0.25, 0.3) is 0 Å². The number of rotatable bonds is 1. The van der Waals surface area contributed by atoms with Crippen LogP contribution in [0, 0.1) is 0 Å². The molecule has 3 nitrogen and oxygen atoms in total. The van der Waals surface area contributed by atoms with Crippen LogP contribution in [-0.2, 0) is 0 Å². The minimum absolute atomic E-state index is 0.136.